The number of carbonyl (C=O) groups excluding carboxylic acids is 3. The number of nitrogens with two attached hydrogens (primary N) is 1. The standard InChI is InChI=1S/C24H21FN6O6S2.C2HF3O2/c25-14-3-1-11(2-4-14)8-30-6-5-12(20(30)33)7-13-9-38-22-17(21(34)31(22)18(13)23(35)36)28-19(32)16(29-37)15-10-39-24(26)27-15;3-2(4,5)1(6)7/h1-4,7,10,17,22,37H,5-6,8-9H2,(H2,26,27)(H,28,32)(H,35,36);(H,6,7)/t17-,22-;/m1./s1. The molecule has 0 aliphatic carbocycles. The highest BCUT2D eigenvalue weighted by molar-refractivity contribution is 8.00. The van der Waals surface area contributed by atoms with Gasteiger partial charge in [-0.25, -0.2) is 19.0 Å². The number of thioether (sulfide) groups is 1. The van der Waals surface area contributed by atoms with Gasteiger partial charge in [-0.1, -0.05) is 17.3 Å². The van der Waals surface area contributed by atoms with E-state index in [1.54, 1.807) is 17.0 Å². The van der Waals surface area contributed by atoms with Gasteiger partial charge >= 0.3 is 18.1 Å². The van der Waals surface area contributed by atoms with Crippen LogP contribution in [0, 0.1) is 5.82 Å². The number of fused-ring (bicyclic) bond motifs is 1. The first-order valence-electron chi connectivity index (χ1n) is 12.8. The van der Waals surface area contributed by atoms with E-state index >= 15 is 0 Å². The van der Waals surface area contributed by atoms with Gasteiger partial charge in [0.15, 0.2) is 10.8 Å². The molecule has 0 spiro atoms. The van der Waals surface area contributed by atoms with Crippen LogP contribution in [-0.4, -0.2) is 95.5 Å². The van der Waals surface area contributed by atoms with E-state index in [4.69, 9.17) is 15.6 Å². The number of halogens is 4. The molecule has 1 aromatic heterocycles. The quantitative estimate of drug-likeness (QED) is 0.0707. The minimum absolute atomic E-state index is 0.0344. The third kappa shape index (κ3) is 7.28. The predicted octanol–water partition coefficient (Wildman–Crippen LogP) is 1.77. The van der Waals surface area contributed by atoms with Crippen molar-refractivity contribution in [1.82, 2.24) is 20.1 Å². The number of benzene rings is 1. The maximum atomic E-state index is 13.2. The number of carboxylic acid groups (broad SMARTS) is 2. The maximum absolute atomic E-state index is 13.2. The zero-order valence-corrected chi connectivity index (χ0v) is 24.7. The van der Waals surface area contributed by atoms with E-state index in [1.807, 2.05) is 0 Å². The molecule has 20 heteroatoms. The number of likely N-dealkylation sites (tertiary alicyclic amines) is 1. The number of amides is 3. The normalized spacial score (nSPS) is 20.6. The fraction of sp³-hybridized carbons (Fsp3) is 0.269. The molecule has 3 aliphatic heterocycles. The molecule has 3 aliphatic rings. The molecule has 0 unspecified atom stereocenters. The van der Waals surface area contributed by atoms with E-state index in [1.165, 1.54) is 35.4 Å². The average Bonchev–Trinajstić information content (AvgIpc) is 3.57. The molecular formula is C26H22F4N6O8S2. The number of carbonyl (C=O) groups is 5. The van der Waals surface area contributed by atoms with Gasteiger partial charge in [-0.05, 0) is 35.8 Å². The summed E-state index contributed by atoms with van der Waals surface area (Å²) in [7, 11) is 0. The molecular weight excluding hydrogens is 664 g/mol. The van der Waals surface area contributed by atoms with Crippen molar-refractivity contribution in [3.05, 3.63) is 69.6 Å². The van der Waals surface area contributed by atoms with E-state index in [0.29, 0.717) is 24.1 Å². The molecule has 3 amide bonds. The predicted molar refractivity (Wildman–Crippen MR) is 153 cm³/mol. The topological polar surface area (TPSA) is 216 Å². The van der Waals surface area contributed by atoms with Crippen LogP contribution in [0.5, 0.6) is 0 Å². The molecule has 1 aromatic carbocycles. The van der Waals surface area contributed by atoms with E-state index in [-0.39, 0.29) is 40.5 Å². The number of alkyl halides is 3. The molecule has 0 bridgehead atoms. The number of nitrogens with one attached hydrogen (secondary N) is 1. The average molecular weight is 687 g/mol. The van der Waals surface area contributed by atoms with Gasteiger partial charge in [0.1, 0.15) is 28.6 Å². The van der Waals surface area contributed by atoms with Gasteiger partial charge in [0.2, 0.25) is 5.91 Å². The number of thiazole rings is 1. The van der Waals surface area contributed by atoms with E-state index in [0.717, 1.165) is 21.8 Å². The molecule has 0 radical (unpaired) electrons. The second-order valence-electron chi connectivity index (χ2n) is 9.64. The zero-order chi connectivity index (χ0) is 33.9. The maximum Gasteiger partial charge on any atom is 0.490 e. The van der Waals surface area contributed by atoms with Crippen LogP contribution in [-0.2, 0) is 30.5 Å². The Hall–Kier alpha value is -4.98. The van der Waals surface area contributed by atoms with E-state index < -0.39 is 47.1 Å². The van der Waals surface area contributed by atoms with Gasteiger partial charge in [-0.3, -0.25) is 19.3 Å². The summed E-state index contributed by atoms with van der Waals surface area (Å²) in [5, 5.41) is 32.7. The van der Waals surface area contributed by atoms with Crippen LogP contribution >= 0.6 is 23.1 Å². The highest BCUT2D eigenvalue weighted by Crippen LogP contribution is 2.41. The molecule has 14 nitrogen and oxygen atoms in total. The molecule has 46 heavy (non-hydrogen) atoms. The lowest BCUT2D eigenvalue weighted by atomic mass is 10.0. The number of β-lactam (4-membered cyclic amide) rings is 1. The summed E-state index contributed by atoms with van der Waals surface area (Å²) in [5.74, 6) is -6.07. The fourth-order valence-corrected chi connectivity index (χ4v) is 6.40. The van der Waals surface area contributed by atoms with Crippen LogP contribution in [0.15, 0.2) is 57.7 Å². The summed E-state index contributed by atoms with van der Waals surface area (Å²) >= 11 is 2.27. The number of aromatic nitrogens is 1. The highest BCUT2D eigenvalue weighted by Gasteiger charge is 2.54. The molecule has 244 valence electrons. The van der Waals surface area contributed by atoms with E-state index in [2.05, 4.69) is 15.5 Å². The summed E-state index contributed by atoms with van der Waals surface area (Å²) in [5.41, 5.74) is 6.40. The lowest BCUT2D eigenvalue weighted by molar-refractivity contribution is -0.192. The molecule has 2 saturated heterocycles. The third-order valence-corrected chi connectivity index (χ3v) is 8.63. The van der Waals surface area contributed by atoms with Crippen molar-refractivity contribution in [1.29, 1.82) is 0 Å². The van der Waals surface area contributed by atoms with Gasteiger partial charge in [-0.2, -0.15) is 13.2 Å². The largest absolute Gasteiger partial charge is 0.490 e. The summed E-state index contributed by atoms with van der Waals surface area (Å²) < 4.78 is 44.9. The smallest absolute Gasteiger partial charge is 0.477 e. The molecule has 2 fully saturated rings. The molecule has 6 N–H and O–H groups in total. The Bertz CT molecular complexity index is 1670. The van der Waals surface area contributed by atoms with Crippen LogP contribution in [0.25, 0.3) is 0 Å². The minimum Gasteiger partial charge on any atom is -0.477 e. The number of allylic oxidation sites excluding steroid dienone is 1. The van der Waals surface area contributed by atoms with Crippen molar-refractivity contribution in [2.45, 2.75) is 30.6 Å². The number of hydrogen-bond acceptors (Lipinski definition) is 11. The molecule has 4 heterocycles. The van der Waals surface area contributed by atoms with Gasteiger partial charge < -0.3 is 31.4 Å². The Morgan fingerprint density at radius 2 is 1.83 bits per heavy atom. The summed E-state index contributed by atoms with van der Waals surface area (Å²) in [4.78, 5) is 66.3. The van der Waals surface area contributed by atoms with Gasteiger partial charge in [0.25, 0.3) is 11.8 Å². The Morgan fingerprint density at radius 1 is 1.17 bits per heavy atom. The number of oxime groups is 1. The first kappa shape index (κ1) is 33.9. The van der Waals surface area contributed by atoms with Gasteiger partial charge in [-0.15, -0.1) is 23.1 Å². The molecule has 2 aromatic rings. The third-order valence-electron chi connectivity index (χ3n) is 6.66. The lowest BCUT2D eigenvalue weighted by Gasteiger charge is -2.49. The van der Waals surface area contributed by atoms with E-state index in [9.17, 15) is 47.1 Å². The van der Waals surface area contributed by atoms with Gasteiger partial charge in [0, 0.05) is 29.8 Å². The number of nitrogens with zero attached hydrogens (tertiary/aromatic N) is 4. The van der Waals surface area contributed by atoms with Crippen molar-refractivity contribution in [2.24, 2.45) is 5.16 Å². The fourth-order valence-electron chi connectivity index (χ4n) is 4.55. The molecule has 2 atom stereocenters. The lowest BCUT2D eigenvalue weighted by Crippen LogP contribution is -2.71. The molecule has 0 saturated carbocycles. The van der Waals surface area contributed by atoms with Crippen LogP contribution in [0.1, 0.15) is 17.7 Å². The SMILES string of the molecule is Nc1nc(C(=NO)C(=O)N[C@@H]2C(=O)N3C(C(=O)O)=C(C=C4CCN(Cc5ccc(F)cc5)C4=O)CS[C@H]23)cs1.O=C(O)C(F)(F)F. The van der Waals surface area contributed by atoms with Gasteiger partial charge in [0.05, 0.1) is 0 Å². The number of anilines is 1. The number of carboxylic acids is 2. The Balaban J connectivity index is 0.000000617. The van der Waals surface area contributed by atoms with Crippen molar-refractivity contribution in [3.63, 3.8) is 0 Å². The second-order valence-corrected chi connectivity index (χ2v) is 11.6. The summed E-state index contributed by atoms with van der Waals surface area (Å²) in [6.07, 6.45) is -3.18. The van der Waals surface area contributed by atoms with Crippen molar-refractivity contribution in [3.8, 4) is 0 Å². The van der Waals surface area contributed by atoms with Crippen molar-refractivity contribution < 1.29 is 57.0 Å². The van der Waals surface area contributed by atoms with Crippen molar-refractivity contribution in [2.75, 3.05) is 18.0 Å². The monoisotopic (exact) mass is 686 g/mol. The summed E-state index contributed by atoms with van der Waals surface area (Å²) in [6.45, 7) is 0.709. The number of rotatable bonds is 7. The zero-order valence-electron chi connectivity index (χ0n) is 23.0. The number of nitrogen functional groups attached to an aromatic ring is 1. The Labute approximate surface area is 263 Å². The van der Waals surface area contributed by atoms with Crippen LogP contribution in [0.4, 0.5) is 22.7 Å². The number of hydrogen-bond donors (Lipinski definition) is 5. The first-order valence-corrected chi connectivity index (χ1v) is 14.7. The summed E-state index contributed by atoms with van der Waals surface area (Å²) in [6, 6.07) is 4.77. The number of aliphatic carboxylic acids is 2. The molecule has 5 rings (SSSR count). The van der Waals surface area contributed by atoms with Crippen LogP contribution < -0.4 is 11.1 Å². The Morgan fingerprint density at radius 3 is 2.37 bits per heavy atom. The van der Waals surface area contributed by atoms with Crippen molar-refractivity contribution >= 4 is 63.6 Å². The highest BCUT2D eigenvalue weighted by atomic mass is 32.2. The second kappa shape index (κ2) is 13.6. The van der Waals surface area contributed by atoms with Crippen LogP contribution in [0.2, 0.25) is 0 Å². The Kier molecular flexibility index (Phi) is 10.00. The minimum atomic E-state index is -5.08. The first-order chi connectivity index (χ1) is 21.6. The van der Waals surface area contributed by atoms with Crippen LogP contribution in [0.3, 0.4) is 0 Å².